The number of carboxylic acid groups (broad SMARTS) is 1. The van der Waals surface area contributed by atoms with E-state index in [1.807, 2.05) is 24.3 Å². The van der Waals surface area contributed by atoms with Gasteiger partial charge in [0.2, 0.25) is 0 Å². The van der Waals surface area contributed by atoms with Crippen molar-refractivity contribution >= 4 is 17.6 Å². The number of hydrogen-bond donors (Lipinski definition) is 3. The Morgan fingerprint density at radius 3 is 2.32 bits per heavy atom. The summed E-state index contributed by atoms with van der Waals surface area (Å²) in [6, 6.07) is 8.32. The summed E-state index contributed by atoms with van der Waals surface area (Å²) in [7, 11) is 0. The van der Waals surface area contributed by atoms with E-state index in [4.69, 9.17) is 21.5 Å². The Bertz CT molecular complexity index is 479. The topological polar surface area (TPSA) is 69.6 Å². The predicted molar refractivity (Wildman–Crippen MR) is 75.9 cm³/mol. The van der Waals surface area contributed by atoms with Gasteiger partial charge in [-0.1, -0.05) is 23.7 Å². The number of aliphatic hydroxyl groups excluding tert-OH is 1. The molecule has 0 radical (unpaired) electrons. The zero-order chi connectivity index (χ0) is 16.8. The predicted octanol–water partition coefficient (Wildman–Crippen LogP) is 2.63. The van der Waals surface area contributed by atoms with Gasteiger partial charge in [0.05, 0.1) is 6.10 Å². The van der Waals surface area contributed by atoms with E-state index < -0.39 is 12.1 Å². The van der Waals surface area contributed by atoms with Gasteiger partial charge in [-0.25, -0.2) is 4.79 Å². The van der Waals surface area contributed by atoms with Crippen molar-refractivity contribution in [1.82, 2.24) is 5.32 Å². The van der Waals surface area contributed by atoms with E-state index >= 15 is 0 Å². The molecule has 0 amide bonds. The van der Waals surface area contributed by atoms with Gasteiger partial charge in [-0.2, -0.15) is 13.2 Å². The first-order chi connectivity index (χ1) is 10.2. The normalized spacial score (nSPS) is 21.7. The SMILES string of the molecule is O=C(O)C(F)(F)F.O[C@H]1CCN[C@@H](Cc2ccc(Cl)cc2)C1. The van der Waals surface area contributed by atoms with Crippen LogP contribution < -0.4 is 5.32 Å². The quantitative estimate of drug-likeness (QED) is 0.774. The van der Waals surface area contributed by atoms with E-state index in [2.05, 4.69) is 5.32 Å². The molecular weight excluding hydrogens is 323 g/mol. The average molecular weight is 340 g/mol. The van der Waals surface area contributed by atoms with E-state index in [1.54, 1.807) is 0 Å². The van der Waals surface area contributed by atoms with Crippen LogP contribution in [0.3, 0.4) is 0 Å². The summed E-state index contributed by atoms with van der Waals surface area (Å²) < 4.78 is 31.7. The highest BCUT2D eigenvalue weighted by Gasteiger charge is 2.38. The maximum Gasteiger partial charge on any atom is 0.490 e. The molecule has 0 bridgehead atoms. The summed E-state index contributed by atoms with van der Waals surface area (Å²) in [5.74, 6) is -2.76. The monoisotopic (exact) mass is 339 g/mol. The lowest BCUT2D eigenvalue weighted by Crippen LogP contribution is -2.41. The molecule has 1 aromatic rings. The van der Waals surface area contributed by atoms with Crippen molar-refractivity contribution in [2.45, 2.75) is 37.6 Å². The molecule has 0 aromatic heterocycles. The fourth-order valence-corrected chi connectivity index (χ4v) is 2.17. The number of halogens is 4. The van der Waals surface area contributed by atoms with Crippen LogP contribution in [-0.4, -0.2) is 41.0 Å². The van der Waals surface area contributed by atoms with Crippen LogP contribution in [0.15, 0.2) is 24.3 Å². The standard InChI is InChI=1S/C12H16ClNO.C2HF3O2/c13-10-3-1-9(2-4-10)7-11-8-12(15)5-6-14-11;3-2(4,5)1(6)7/h1-4,11-12,14-15H,5-8H2;(H,6,7)/t11-,12-;/m0./s1. The molecule has 1 heterocycles. The lowest BCUT2D eigenvalue weighted by atomic mass is 9.96. The lowest BCUT2D eigenvalue weighted by Gasteiger charge is -2.27. The highest BCUT2D eigenvalue weighted by Crippen LogP contribution is 2.15. The van der Waals surface area contributed by atoms with Crippen LogP contribution in [0.5, 0.6) is 0 Å². The molecule has 3 N–H and O–H groups in total. The molecule has 0 saturated carbocycles. The molecule has 0 aliphatic carbocycles. The van der Waals surface area contributed by atoms with Crippen LogP contribution >= 0.6 is 11.6 Å². The lowest BCUT2D eigenvalue weighted by molar-refractivity contribution is -0.192. The van der Waals surface area contributed by atoms with Gasteiger partial charge in [0, 0.05) is 11.1 Å². The van der Waals surface area contributed by atoms with Crippen molar-refractivity contribution in [3.05, 3.63) is 34.9 Å². The minimum absolute atomic E-state index is 0.136. The molecule has 1 aliphatic rings. The maximum atomic E-state index is 10.6. The molecule has 22 heavy (non-hydrogen) atoms. The molecule has 124 valence electrons. The zero-order valence-corrected chi connectivity index (χ0v) is 12.4. The molecule has 1 aliphatic heterocycles. The fourth-order valence-electron chi connectivity index (χ4n) is 2.04. The van der Waals surface area contributed by atoms with Gasteiger partial charge in [-0.3, -0.25) is 0 Å². The second-order valence-corrected chi connectivity index (χ2v) is 5.40. The number of aliphatic carboxylic acids is 1. The van der Waals surface area contributed by atoms with Crippen molar-refractivity contribution in [2.24, 2.45) is 0 Å². The number of hydrogen-bond acceptors (Lipinski definition) is 3. The zero-order valence-electron chi connectivity index (χ0n) is 11.6. The van der Waals surface area contributed by atoms with Gasteiger partial charge in [-0.05, 0) is 43.5 Å². The van der Waals surface area contributed by atoms with Crippen LogP contribution in [0.25, 0.3) is 0 Å². The third-order valence-electron chi connectivity index (χ3n) is 3.11. The van der Waals surface area contributed by atoms with Gasteiger partial charge in [0.1, 0.15) is 0 Å². The largest absolute Gasteiger partial charge is 0.490 e. The number of rotatable bonds is 2. The Balaban J connectivity index is 0.000000295. The van der Waals surface area contributed by atoms with E-state index in [0.717, 1.165) is 30.8 Å². The molecule has 8 heteroatoms. The number of aliphatic hydroxyl groups is 1. The number of piperidine rings is 1. The van der Waals surface area contributed by atoms with Gasteiger partial charge in [0.15, 0.2) is 0 Å². The minimum Gasteiger partial charge on any atom is -0.475 e. The molecule has 2 atom stereocenters. The van der Waals surface area contributed by atoms with Crippen molar-refractivity contribution < 1.29 is 28.2 Å². The van der Waals surface area contributed by atoms with Crippen LogP contribution in [0, 0.1) is 0 Å². The number of carboxylic acids is 1. The van der Waals surface area contributed by atoms with Crippen molar-refractivity contribution in [3.63, 3.8) is 0 Å². The number of alkyl halides is 3. The highest BCUT2D eigenvalue weighted by molar-refractivity contribution is 6.30. The van der Waals surface area contributed by atoms with Crippen LogP contribution in [-0.2, 0) is 11.2 Å². The van der Waals surface area contributed by atoms with Gasteiger partial charge in [-0.15, -0.1) is 0 Å². The molecule has 1 saturated heterocycles. The molecule has 0 spiro atoms. The Kier molecular flexibility index (Phi) is 7.12. The first kappa shape index (κ1) is 18.7. The second kappa shape index (κ2) is 8.36. The number of carbonyl (C=O) groups is 1. The summed E-state index contributed by atoms with van der Waals surface area (Å²) in [5, 5.41) is 20.9. The van der Waals surface area contributed by atoms with Crippen molar-refractivity contribution in [2.75, 3.05) is 6.54 Å². The van der Waals surface area contributed by atoms with Gasteiger partial charge in [0.25, 0.3) is 0 Å². The third-order valence-corrected chi connectivity index (χ3v) is 3.36. The third kappa shape index (κ3) is 7.11. The summed E-state index contributed by atoms with van der Waals surface area (Å²) in [6.07, 6.45) is -2.53. The first-order valence-electron chi connectivity index (χ1n) is 6.64. The van der Waals surface area contributed by atoms with Crippen LogP contribution in [0.4, 0.5) is 13.2 Å². The van der Waals surface area contributed by atoms with Gasteiger partial charge >= 0.3 is 12.1 Å². The fraction of sp³-hybridized carbons (Fsp3) is 0.500. The molecule has 1 fully saturated rings. The average Bonchev–Trinajstić information content (AvgIpc) is 2.41. The first-order valence-corrected chi connectivity index (χ1v) is 7.02. The Labute approximate surface area is 130 Å². The Hall–Kier alpha value is -1.31. The molecule has 4 nitrogen and oxygen atoms in total. The second-order valence-electron chi connectivity index (χ2n) is 4.96. The summed E-state index contributed by atoms with van der Waals surface area (Å²) >= 11 is 5.82. The van der Waals surface area contributed by atoms with E-state index in [9.17, 15) is 18.3 Å². The number of benzene rings is 1. The summed E-state index contributed by atoms with van der Waals surface area (Å²) in [5.41, 5.74) is 1.27. The number of nitrogens with one attached hydrogen (secondary N) is 1. The Morgan fingerprint density at radius 2 is 1.86 bits per heavy atom. The van der Waals surface area contributed by atoms with E-state index in [-0.39, 0.29) is 6.10 Å². The Morgan fingerprint density at radius 1 is 1.32 bits per heavy atom. The molecule has 1 aromatic carbocycles. The summed E-state index contributed by atoms with van der Waals surface area (Å²) in [4.78, 5) is 8.90. The van der Waals surface area contributed by atoms with Gasteiger partial charge < -0.3 is 15.5 Å². The van der Waals surface area contributed by atoms with Crippen LogP contribution in [0.1, 0.15) is 18.4 Å². The maximum absolute atomic E-state index is 10.6. The van der Waals surface area contributed by atoms with Crippen molar-refractivity contribution in [3.8, 4) is 0 Å². The summed E-state index contributed by atoms with van der Waals surface area (Å²) in [6.45, 7) is 0.916. The van der Waals surface area contributed by atoms with E-state index in [0.29, 0.717) is 6.04 Å². The van der Waals surface area contributed by atoms with E-state index in [1.165, 1.54) is 5.56 Å². The van der Waals surface area contributed by atoms with Crippen LogP contribution in [0.2, 0.25) is 5.02 Å². The molecule has 2 rings (SSSR count). The minimum atomic E-state index is -5.08. The molecule has 0 unspecified atom stereocenters. The highest BCUT2D eigenvalue weighted by atomic mass is 35.5. The smallest absolute Gasteiger partial charge is 0.475 e. The van der Waals surface area contributed by atoms with Crippen molar-refractivity contribution in [1.29, 1.82) is 0 Å². The molecular formula is C14H17ClF3NO3.